The molecule has 1 aromatic rings. The Morgan fingerprint density at radius 3 is 2.57 bits per heavy atom. The van der Waals surface area contributed by atoms with Crippen LogP contribution >= 0.6 is 0 Å². The van der Waals surface area contributed by atoms with Gasteiger partial charge in [0.1, 0.15) is 5.82 Å². The maximum absolute atomic E-state index is 12.9. The molecule has 14 heavy (non-hydrogen) atoms. The normalized spacial score (nSPS) is 11.4. The van der Waals surface area contributed by atoms with E-state index in [1.54, 1.807) is 12.1 Å². The minimum atomic E-state index is -0.409. The van der Waals surface area contributed by atoms with Crippen LogP contribution in [0.1, 0.15) is 37.6 Å². The van der Waals surface area contributed by atoms with Crippen LogP contribution in [-0.4, -0.2) is 5.78 Å². The van der Waals surface area contributed by atoms with Crippen molar-refractivity contribution in [1.82, 2.24) is 0 Å². The van der Waals surface area contributed by atoms with Crippen molar-refractivity contribution in [3.63, 3.8) is 0 Å². The van der Waals surface area contributed by atoms with Gasteiger partial charge in [-0.1, -0.05) is 32.9 Å². The molecular formula is C12H15FO. The Bertz CT molecular complexity index is 342. The molecule has 0 heterocycles. The summed E-state index contributed by atoms with van der Waals surface area (Å²) in [6, 6.07) is 5.85. The van der Waals surface area contributed by atoms with Crippen LogP contribution in [0.4, 0.5) is 4.39 Å². The van der Waals surface area contributed by atoms with E-state index in [4.69, 9.17) is 0 Å². The third-order valence-corrected chi connectivity index (χ3v) is 2.59. The summed E-state index contributed by atoms with van der Waals surface area (Å²) in [7, 11) is 0. The minimum Gasteiger partial charge on any atom is -0.294 e. The zero-order valence-electron chi connectivity index (χ0n) is 8.80. The lowest BCUT2D eigenvalue weighted by atomic mass is 9.82. The molecule has 0 saturated heterocycles. The summed E-state index contributed by atoms with van der Waals surface area (Å²) in [4.78, 5) is 11.9. The Balaban J connectivity index is 3.01. The third kappa shape index (κ3) is 2.19. The molecule has 2 heteroatoms. The molecule has 0 saturated carbocycles. The molecule has 1 nitrogen and oxygen atoms in total. The van der Waals surface area contributed by atoms with Crippen molar-refractivity contribution in [3.05, 3.63) is 35.6 Å². The Morgan fingerprint density at radius 2 is 2.07 bits per heavy atom. The van der Waals surface area contributed by atoms with Crippen LogP contribution < -0.4 is 0 Å². The van der Waals surface area contributed by atoms with E-state index in [2.05, 4.69) is 0 Å². The number of carbonyl (C=O) groups is 1. The minimum absolute atomic E-state index is 0.000463. The van der Waals surface area contributed by atoms with Crippen molar-refractivity contribution in [1.29, 1.82) is 0 Å². The molecular weight excluding hydrogens is 179 g/mol. The highest BCUT2D eigenvalue weighted by Crippen LogP contribution is 2.25. The lowest BCUT2D eigenvalue weighted by molar-refractivity contribution is 0.0832. The van der Waals surface area contributed by atoms with Gasteiger partial charge in [0, 0.05) is 11.0 Å². The third-order valence-electron chi connectivity index (χ3n) is 2.59. The van der Waals surface area contributed by atoms with Gasteiger partial charge in [-0.05, 0) is 18.6 Å². The van der Waals surface area contributed by atoms with Crippen LogP contribution in [0.5, 0.6) is 0 Å². The van der Waals surface area contributed by atoms with Crippen LogP contribution in [0.15, 0.2) is 24.3 Å². The van der Waals surface area contributed by atoms with Crippen LogP contribution in [-0.2, 0) is 0 Å². The Morgan fingerprint density at radius 1 is 1.43 bits per heavy atom. The summed E-state index contributed by atoms with van der Waals surface area (Å²) >= 11 is 0. The van der Waals surface area contributed by atoms with E-state index in [1.807, 2.05) is 20.8 Å². The largest absolute Gasteiger partial charge is 0.294 e. The van der Waals surface area contributed by atoms with Crippen molar-refractivity contribution < 1.29 is 9.18 Å². The number of Topliss-reactive ketones (excluding diaryl/α,β-unsaturated/α-hetero) is 1. The second-order valence-electron chi connectivity index (χ2n) is 4.08. The summed E-state index contributed by atoms with van der Waals surface area (Å²) in [5.41, 5.74) is 0.0465. The quantitative estimate of drug-likeness (QED) is 0.673. The predicted octanol–water partition coefficient (Wildman–Crippen LogP) is 3.44. The van der Waals surface area contributed by atoms with E-state index >= 15 is 0 Å². The molecule has 0 aliphatic heterocycles. The fourth-order valence-corrected chi connectivity index (χ4v) is 1.18. The first-order chi connectivity index (χ1) is 6.47. The number of ketones is 1. The first-order valence-corrected chi connectivity index (χ1v) is 4.78. The van der Waals surface area contributed by atoms with Crippen LogP contribution in [0.25, 0.3) is 0 Å². The fourth-order valence-electron chi connectivity index (χ4n) is 1.18. The summed E-state index contributed by atoms with van der Waals surface area (Å²) in [5, 5.41) is 0. The average Bonchev–Trinajstić information content (AvgIpc) is 2.16. The van der Waals surface area contributed by atoms with Gasteiger partial charge in [-0.2, -0.15) is 0 Å². The van der Waals surface area contributed by atoms with E-state index in [0.29, 0.717) is 5.56 Å². The maximum atomic E-state index is 12.9. The predicted molar refractivity (Wildman–Crippen MR) is 54.8 cm³/mol. The SMILES string of the molecule is CCC(C)(C)C(=O)c1cccc(F)c1. The molecule has 0 amide bonds. The van der Waals surface area contributed by atoms with E-state index in [-0.39, 0.29) is 11.6 Å². The molecule has 0 spiro atoms. The number of rotatable bonds is 3. The second-order valence-corrected chi connectivity index (χ2v) is 4.08. The zero-order valence-corrected chi connectivity index (χ0v) is 8.80. The van der Waals surface area contributed by atoms with Crippen molar-refractivity contribution >= 4 is 5.78 Å². The lowest BCUT2D eigenvalue weighted by Gasteiger charge is -2.20. The highest BCUT2D eigenvalue weighted by Gasteiger charge is 2.26. The van der Waals surface area contributed by atoms with Crippen molar-refractivity contribution in [2.45, 2.75) is 27.2 Å². The maximum Gasteiger partial charge on any atom is 0.168 e. The Hall–Kier alpha value is -1.18. The Labute approximate surface area is 83.9 Å². The molecule has 1 aromatic carbocycles. The van der Waals surface area contributed by atoms with E-state index < -0.39 is 5.41 Å². The molecule has 0 radical (unpaired) electrons. The van der Waals surface area contributed by atoms with E-state index in [0.717, 1.165) is 6.42 Å². The highest BCUT2D eigenvalue weighted by atomic mass is 19.1. The van der Waals surface area contributed by atoms with Crippen LogP contribution in [0.3, 0.4) is 0 Å². The van der Waals surface area contributed by atoms with Crippen molar-refractivity contribution in [2.75, 3.05) is 0 Å². The van der Waals surface area contributed by atoms with Gasteiger partial charge in [0.2, 0.25) is 0 Å². The van der Waals surface area contributed by atoms with Crippen LogP contribution in [0.2, 0.25) is 0 Å². The monoisotopic (exact) mass is 194 g/mol. The van der Waals surface area contributed by atoms with Gasteiger partial charge in [0.25, 0.3) is 0 Å². The van der Waals surface area contributed by atoms with Gasteiger partial charge in [-0.3, -0.25) is 4.79 Å². The summed E-state index contributed by atoms with van der Waals surface area (Å²) < 4.78 is 12.9. The molecule has 0 unspecified atom stereocenters. The number of hydrogen-bond donors (Lipinski definition) is 0. The molecule has 0 fully saturated rings. The number of benzene rings is 1. The van der Waals surface area contributed by atoms with Gasteiger partial charge in [-0.15, -0.1) is 0 Å². The fraction of sp³-hybridized carbons (Fsp3) is 0.417. The highest BCUT2D eigenvalue weighted by molar-refractivity contribution is 5.99. The van der Waals surface area contributed by atoms with Crippen LogP contribution in [0, 0.1) is 11.2 Å². The summed E-state index contributed by atoms with van der Waals surface area (Å²) in [6.07, 6.45) is 0.752. The number of halogens is 1. The van der Waals surface area contributed by atoms with Crippen molar-refractivity contribution in [2.24, 2.45) is 5.41 Å². The first kappa shape index (κ1) is 10.9. The lowest BCUT2D eigenvalue weighted by Crippen LogP contribution is -2.23. The van der Waals surface area contributed by atoms with E-state index in [9.17, 15) is 9.18 Å². The molecule has 0 aliphatic rings. The Kier molecular flexibility index (Phi) is 3.04. The zero-order chi connectivity index (χ0) is 10.8. The summed E-state index contributed by atoms with van der Waals surface area (Å²) in [5.74, 6) is -0.359. The van der Waals surface area contributed by atoms with Gasteiger partial charge in [0.15, 0.2) is 5.78 Å². The first-order valence-electron chi connectivity index (χ1n) is 4.78. The number of carbonyl (C=O) groups excluding carboxylic acids is 1. The second kappa shape index (κ2) is 3.91. The molecule has 76 valence electrons. The average molecular weight is 194 g/mol. The van der Waals surface area contributed by atoms with Gasteiger partial charge in [0.05, 0.1) is 0 Å². The molecule has 0 atom stereocenters. The standard InChI is InChI=1S/C12H15FO/c1-4-12(2,3)11(14)9-6-5-7-10(13)8-9/h5-8H,4H2,1-3H3. The number of hydrogen-bond acceptors (Lipinski definition) is 1. The smallest absolute Gasteiger partial charge is 0.168 e. The van der Waals surface area contributed by atoms with Gasteiger partial charge >= 0.3 is 0 Å². The topological polar surface area (TPSA) is 17.1 Å². The summed E-state index contributed by atoms with van der Waals surface area (Å²) in [6.45, 7) is 5.71. The molecule has 0 bridgehead atoms. The van der Waals surface area contributed by atoms with Crippen molar-refractivity contribution in [3.8, 4) is 0 Å². The van der Waals surface area contributed by atoms with Gasteiger partial charge < -0.3 is 0 Å². The van der Waals surface area contributed by atoms with Gasteiger partial charge in [-0.25, -0.2) is 4.39 Å². The molecule has 0 aliphatic carbocycles. The molecule has 0 aromatic heterocycles. The molecule has 1 rings (SSSR count). The van der Waals surface area contributed by atoms with E-state index in [1.165, 1.54) is 12.1 Å². The molecule has 0 N–H and O–H groups in total.